The molecule has 5 nitrogen and oxygen atoms in total. The van der Waals surface area contributed by atoms with Gasteiger partial charge < -0.3 is 20.1 Å². The number of hydrogen-bond donors (Lipinski definition) is 1. The highest BCUT2D eigenvalue weighted by Gasteiger charge is 2.22. The lowest BCUT2D eigenvalue weighted by Gasteiger charge is -2.15. The molecule has 0 saturated carbocycles. The van der Waals surface area contributed by atoms with Crippen molar-refractivity contribution in [2.45, 2.75) is 18.9 Å². The standard InChI is InChI=1S/C10H20N2O3.ClH/c1-14-6-7-15-5-3-10(13)12-4-2-9(11)8-12;/h9H,2-8,11H2,1H3;1H/t9-;/m1./s1. The van der Waals surface area contributed by atoms with Crippen molar-refractivity contribution in [1.29, 1.82) is 0 Å². The molecule has 0 aromatic rings. The second-order valence-electron chi connectivity index (χ2n) is 3.74. The third-order valence-electron chi connectivity index (χ3n) is 2.47. The van der Waals surface area contributed by atoms with Crippen LogP contribution in [-0.4, -0.2) is 56.9 Å². The van der Waals surface area contributed by atoms with Crippen LogP contribution in [0.2, 0.25) is 0 Å². The minimum atomic E-state index is 0. The minimum absolute atomic E-state index is 0. The lowest BCUT2D eigenvalue weighted by Crippen LogP contribution is -2.32. The average Bonchev–Trinajstić information content (AvgIpc) is 2.64. The third kappa shape index (κ3) is 5.65. The molecule has 0 aliphatic carbocycles. The highest BCUT2D eigenvalue weighted by atomic mass is 35.5. The van der Waals surface area contributed by atoms with Crippen LogP contribution in [0.15, 0.2) is 0 Å². The van der Waals surface area contributed by atoms with Gasteiger partial charge in [0.2, 0.25) is 5.91 Å². The fourth-order valence-electron chi connectivity index (χ4n) is 1.58. The second kappa shape index (κ2) is 8.75. The maximum Gasteiger partial charge on any atom is 0.224 e. The molecule has 2 N–H and O–H groups in total. The van der Waals surface area contributed by atoms with E-state index >= 15 is 0 Å². The van der Waals surface area contributed by atoms with Gasteiger partial charge in [-0.25, -0.2) is 0 Å². The Labute approximate surface area is 103 Å². The molecule has 1 aliphatic rings. The summed E-state index contributed by atoms with van der Waals surface area (Å²) in [4.78, 5) is 13.4. The molecule has 0 spiro atoms. The summed E-state index contributed by atoms with van der Waals surface area (Å²) in [6.45, 7) is 3.06. The number of nitrogens with zero attached hydrogens (tertiary/aromatic N) is 1. The number of rotatable bonds is 6. The van der Waals surface area contributed by atoms with Crippen molar-refractivity contribution in [2.24, 2.45) is 5.73 Å². The number of halogens is 1. The fraction of sp³-hybridized carbons (Fsp3) is 0.900. The van der Waals surface area contributed by atoms with Crippen molar-refractivity contribution in [2.75, 3.05) is 40.0 Å². The summed E-state index contributed by atoms with van der Waals surface area (Å²) in [6.07, 6.45) is 1.35. The summed E-state index contributed by atoms with van der Waals surface area (Å²) in [6, 6.07) is 0.156. The number of methoxy groups -OCH3 is 1. The normalized spacial score (nSPS) is 19.6. The number of ether oxygens (including phenoxy) is 2. The van der Waals surface area contributed by atoms with Crippen LogP contribution in [-0.2, 0) is 14.3 Å². The van der Waals surface area contributed by atoms with Crippen LogP contribution in [0.25, 0.3) is 0 Å². The Morgan fingerprint density at radius 1 is 1.44 bits per heavy atom. The number of carbonyl (C=O) groups excluding carboxylic acids is 1. The van der Waals surface area contributed by atoms with Gasteiger partial charge in [-0.05, 0) is 6.42 Å². The van der Waals surface area contributed by atoms with E-state index in [0.717, 1.165) is 13.0 Å². The lowest BCUT2D eigenvalue weighted by atomic mass is 10.3. The minimum Gasteiger partial charge on any atom is -0.382 e. The molecule has 6 heteroatoms. The van der Waals surface area contributed by atoms with E-state index in [4.69, 9.17) is 15.2 Å². The molecular formula is C10H21ClN2O3. The summed E-state index contributed by atoms with van der Waals surface area (Å²) >= 11 is 0. The molecule has 0 unspecified atom stereocenters. The summed E-state index contributed by atoms with van der Waals surface area (Å²) in [7, 11) is 1.63. The quantitative estimate of drug-likeness (QED) is 0.677. The monoisotopic (exact) mass is 252 g/mol. The predicted octanol–water partition coefficient (Wildman–Crippen LogP) is 0.0209. The average molecular weight is 253 g/mol. The van der Waals surface area contributed by atoms with Crippen LogP contribution in [0.3, 0.4) is 0 Å². The van der Waals surface area contributed by atoms with E-state index in [1.807, 2.05) is 4.90 Å². The first-order valence-electron chi connectivity index (χ1n) is 5.34. The largest absolute Gasteiger partial charge is 0.382 e. The van der Waals surface area contributed by atoms with Crippen molar-refractivity contribution < 1.29 is 14.3 Å². The molecule has 1 fully saturated rings. The second-order valence-corrected chi connectivity index (χ2v) is 3.74. The van der Waals surface area contributed by atoms with Gasteiger partial charge in [0.1, 0.15) is 0 Å². The topological polar surface area (TPSA) is 64.8 Å². The molecule has 0 bridgehead atoms. The van der Waals surface area contributed by atoms with Crippen LogP contribution < -0.4 is 5.73 Å². The Morgan fingerprint density at radius 3 is 2.75 bits per heavy atom. The van der Waals surface area contributed by atoms with Gasteiger partial charge in [-0.2, -0.15) is 0 Å². The van der Waals surface area contributed by atoms with Crippen molar-refractivity contribution in [1.82, 2.24) is 4.90 Å². The maximum absolute atomic E-state index is 11.6. The smallest absolute Gasteiger partial charge is 0.224 e. The van der Waals surface area contributed by atoms with Gasteiger partial charge in [0.25, 0.3) is 0 Å². The van der Waals surface area contributed by atoms with Gasteiger partial charge in [-0.3, -0.25) is 4.79 Å². The van der Waals surface area contributed by atoms with E-state index in [2.05, 4.69) is 0 Å². The zero-order chi connectivity index (χ0) is 11.1. The Kier molecular flexibility index (Phi) is 8.56. The van der Waals surface area contributed by atoms with Crippen molar-refractivity contribution in [3.63, 3.8) is 0 Å². The molecule has 0 radical (unpaired) electrons. The SMILES string of the molecule is COCCOCCC(=O)N1CC[C@@H](N)C1.Cl. The molecule has 96 valence electrons. The van der Waals surface area contributed by atoms with Crippen LogP contribution in [0.1, 0.15) is 12.8 Å². The maximum atomic E-state index is 11.6. The van der Waals surface area contributed by atoms with Gasteiger partial charge in [-0.1, -0.05) is 0 Å². The van der Waals surface area contributed by atoms with Gasteiger partial charge >= 0.3 is 0 Å². The molecule has 0 aromatic carbocycles. The van der Waals surface area contributed by atoms with Crippen LogP contribution in [0, 0.1) is 0 Å². The molecule has 1 aliphatic heterocycles. The van der Waals surface area contributed by atoms with Crippen LogP contribution in [0.5, 0.6) is 0 Å². The van der Waals surface area contributed by atoms with Gasteiger partial charge in [0.05, 0.1) is 26.2 Å². The highest BCUT2D eigenvalue weighted by molar-refractivity contribution is 5.85. The summed E-state index contributed by atoms with van der Waals surface area (Å²) in [5, 5.41) is 0. The first-order chi connectivity index (χ1) is 7.24. The Bertz CT molecular complexity index is 205. The number of amides is 1. The number of likely N-dealkylation sites (tertiary alicyclic amines) is 1. The molecular weight excluding hydrogens is 232 g/mol. The van der Waals surface area contributed by atoms with E-state index in [1.54, 1.807) is 7.11 Å². The van der Waals surface area contributed by atoms with Gasteiger partial charge in [-0.15, -0.1) is 12.4 Å². The first-order valence-corrected chi connectivity index (χ1v) is 5.34. The molecule has 1 heterocycles. The molecule has 1 rings (SSSR count). The number of carbonyl (C=O) groups is 1. The Morgan fingerprint density at radius 2 is 2.19 bits per heavy atom. The zero-order valence-electron chi connectivity index (χ0n) is 9.68. The lowest BCUT2D eigenvalue weighted by molar-refractivity contribution is -0.131. The molecule has 1 saturated heterocycles. The predicted molar refractivity (Wildman–Crippen MR) is 63.7 cm³/mol. The fourth-order valence-corrected chi connectivity index (χ4v) is 1.58. The van der Waals surface area contributed by atoms with E-state index in [1.165, 1.54) is 0 Å². The Balaban J connectivity index is 0.00000225. The zero-order valence-corrected chi connectivity index (χ0v) is 10.5. The van der Waals surface area contributed by atoms with E-state index in [0.29, 0.717) is 32.8 Å². The van der Waals surface area contributed by atoms with E-state index in [9.17, 15) is 4.79 Å². The Hall–Kier alpha value is -0.360. The van der Waals surface area contributed by atoms with Gasteiger partial charge in [0, 0.05) is 26.2 Å². The molecule has 16 heavy (non-hydrogen) atoms. The molecule has 1 amide bonds. The van der Waals surface area contributed by atoms with E-state index in [-0.39, 0.29) is 24.4 Å². The summed E-state index contributed by atoms with van der Waals surface area (Å²) in [5.74, 6) is 0.139. The molecule has 1 atom stereocenters. The summed E-state index contributed by atoms with van der Waals surface area (Å²) < 4.78 is 10.1. The van der Waals surface area contributed by atoms with Crippen molar-refractivity contribution in [3.05, 3.63) is 0 Å². The number of nitrogens with two attached hydrogens (primary N) is 1. The highest BCUT2D eigenvalue weighted by Crippen LogP contribution is 2.08. The summed E-state index contributed by atoms with van der Waals surface area (Å²) in [5.41, 5.74) is 5.72. The number of hydrogen-bond acceptors (Lipinski definition) is 4. The molecule has 0 aromatic heterocycles. The van der Waals surface area contributed by atoms with Crippen LogP contribution in [0.4, 0.5) is 0 Å². The van der Waals surface area contributed by atoms with Crippen molar-refractivity contribution >= 4 is 18.3 Å². The third-order valence-corrected chi connectivity index (χ3v) is 2.47. The van der Waals surface area contributed by atoms with Gasteiger partial charge in [0.15, 0.2) is 0 Å². The van der Waals surface area contributed by atoms with Crippen molar-refractivity contribution in [3.8, 4) is 0 Å². The van der Waals surface area contributed by atoms with E-state index < -0.39 is 0 Å². The first kappa shape index (κ1) is 15.6. The van der Waals surface area contributed by atoms with Crippen LogP contribution >= 0.6 is 12.4 Å².